The van der Waals surface area contributed by atoms with Gasteiger partial charge in [-0.25, -0.2) is 0 Å². The second kappa shape index (κ2) is 6.68. The zero-order valence-corrected chi connectivity index (χ0v) is 10.8. The van der Waals surface area contributed by atoms with Gasteiger partial charge < -0.3 is 15.0 Å². The van der Waals surface area contributed by atoms with E-state index in [0.29, 0.717) is 44.4 Å². The van der Waals surface area contributed by atoms with E-state index in [0.717, 1.165) is 5.56 Å². The van der Waals surface area contributed by atoms with E-state index in [2.05, 4.69) is 10.3 Å². The van der Waals surface area contributed by atoms with Gasteiger partial charge in [-0.3, -0.25) is 9.78 Å². The van der Waals surface area contributed by atoms with Crippen molar-refractivity contribution in [2.75, 3.05) is 32.8 Å². The van der Waals surface area contributed by atoms with Gasteiger partial charge in [0.15, 0.2) is 0 Å². The van der Waals surface area contributed by atoms with Gasteiger partial charge in [-0.1, -0.05) is 11.6 Å². The van der Waals surface area contributed by atoms with Crippen LogP contribution in [0.15, 0.2) is 18.5 Å². The fourth-order valence-corrected chi connectivity index (χ4v) is 1.96. The number of aromatic nitrogens is 1. The molecular weight excluding hydrogens is 254 g/mol. The molecule has 18 heavy (non-hydrogen) atoms. The number of hydrogen-bond donors (Lipinski definition) is 1. The molecule has 0 atom stereocenters. The van der Waals surface area contributed by atoms with Crippen LogP contribution in [0.4, 0.5) is 0 Å². The monoisotopic (exact) mass is 269 g/mol. The summed E-state index contributed by atoms with van der Waals surface area (Å²) in [6, 6.07) is 1.84. The summed E-state index contributed by atoms with van der Waals surface area (Å²) in [4.78, 5) is 17.6. The van der Waals surface area contributed by atoms with Gasteiger partial charge in [0.25, 0.3) is 0 Å². The number of amides is 1. The van der Waals surface area contributed by atoms with Gasteiger partial charge >= 0.3 is 0 Å². The van der Waals surface area contributed by atoms with Crippen molar-refractivity contribution in [3.05, 3.63) is 29.0 Å². The van der Waals surface area contributed by atoms with Crippen LogP contribution in [0.1, 0.15) is 5.56 Å². The molecule has 0 aliphatic carbocycles. The van der Waals surface area contributed by atoms with E-state index in [1.807, 2.05) is 11.0 Å². The number of halogens is 1. The standard InChI is InChI=1S/C12H16ClN3O2/c13-11-8-14-2-1-10(11)7-15-9-12(17)16-3-5-18-6-4-16/h1-2,8,15H,3-7,9H2. The molecule has 6 heteroatoms. The molecule has 1 N–H and O–H groups in total. The third kappa shape index (κ3) is 3.66. The quantitative estimate of drug-likeness (QED) is 0.874. The van der Waals surface area contributed by atoms with E-state index < -0.39 is 0 Å². The second-order valence-corrected chi connectivity index (χ2v) is 4.47. The predicted octanol–water partition coefficient (Wildman–Crippen LogP) is 0.683. The van der Waals surface area contributed by atoms with Gasteiger partial charge in [0.05, 0.1) is 24.8 Å². The summed E-state index contributed by atoms with van der Waals surface area (Å²) in [7, 11) is 0. The molecule has 1 saturated heterocycles. The zero-order valence-electron chi connectivity index (χ0n) is 10.1. The number of rotatable bonds is 4. The molecule has 1 fully saturated rings. The molecule has 2 rings (SSSR count). The summed E-state index contributed by atoms with van der Waals surface area (Å²) < 4.78 is 5.20. The highest BCUT2D eigenvalue weighted by Gasteiger charge is 2.15. The summed E-state index contributed by atoms with van der Waals surface area (Å²) in [5.41, 5.74) is 0.946. The molecule has 0 bridgehead atoms. The van der Waals surface area contributed by atoms with Crippen LogP contribution < -0.4 is 5.32 Å². The van der Waals surface area contributed by atoms with Crippen LogP contribution in [-0.2, 0) is 16.1 Å². The van der Waals surface area contributed by atoms with Crippen molar-refractivity contribution < 1.29 is 9.53 Å². The molecule has 0 unspecified atom stereocenters. The van der Waals surface area contributed by atoms with Crippen molar-refractivity contribution in [2.45, 2.75) is 6.54 Å². The van der Waals surface area contributed by atoms with Gasteiger partial charge in [-0.15, -0.1) is 0 Å². The van der Waals surface area contributed by atoms with Crippen LogP contribution in [0, 0.1) is 0 Å². The molecule has 0 aromatic carbocycles. The molecule has 1 aliphatic rings. The maximum Gasteiger partial charge on any atom is 0.236 e. The predicted molar refractivity (Wildman–Crippen MR) is 68.4 cm³/mol. The number of nitrogens with zero attached hydrogens (tertiary/aromatic N) is 2. The third-order valence-electron chi connectivity index (χ3n) is 2.81. The van der Waals surface area contributed by atoms with Gasteiger partial charge in [0.1, 0.15) is 0 Å². The minimum atomic E-state index is 0.100. The Kier molecular flexibility index (Phi) is 4.92. The minimum absolute atomic E-state index is 0.100. The number of carbonyl (C=O) groups excluding carboxylic acids is 1. The maximum atomic E-state index is 11.8. The first-order chi connectivity index (χ1) is 8.77. The second-order valence-electron chi connectivity index (χ2n) is 4.06. The van der Waals surface area contributed by atoms with Crippen LogP contribution in [0.3, 0.4) is 0 Å². The number of carbonyl (C=O) groups is 1. The lowest BCUT2D eigenvalue weighted by molar-refractivity contribution is -0.134. The molecule has 1 aromatic heterocycles. The van der Waals surface area contributed by atoms with Crippen molar-refractivity contribution in [1.29, 1.82) is 0 Å². The maximum absolute atomic E-state index is 11.8. The van der Waals surface area contributed by atoms with E-state index in [1.54, 1.807) is 12.4 Å². The van der Waals surface area contributed by atoms with Crippen LogP contribution in [0.25, 0.3) is 0 Å². The van der Waals surface area contributed by atoms with E-state index in [4.69, 9.17) is 16.3 Å². The first-order valence-electron chi connectivity index (χ1n) is 5.92. The average Bonchev–Trinajstić information content (AvgIpc) is 2.42. The van der Waals surface area contributed by atoms with Crippen molar-refractivity contribution in [3.63, 3.8) is 0 Å². The highest BCUT2D eigenvalue weighted by Crippen LogP contribution is 2.12. The average molecular weight is 270 g/mol. The summed E-state index contributed by atoms with van der Waals surface area (Å²) in [6.45, 7) is 3.49. The van der Waals surface area contributed by atoms with Gasteiger partial charge in [-0.05, 0) is 11.6 Å². The molecule has 0 spiro atoms. The van der Waals surface area contributed by atoms with Crippen LogP contribution in [0.5, 0.6) is 0 Å². The first-order valence-corrected chi connectivity index (χ1v) is 6.30. The summed E-state index contributed by atoms with van der Waals surface area (Å²) >= 11 is 5.97. The van der Waals surface area contributed by atoms with Gasteiger partial charge in [0.2, 0.25) is 5.91 Å². The Labute approximate surface area is 111 Å². The molecule has 1 amide bonds. The number of pyridine rings is 1. The molecule has 5 nitrogen and oxygen atoms in total. The number of ether oxygens (including phenoxy) is 1. The number of hydrogen-bond acceptors (Lipinski definition) is 4. The lowest BCUT2D eigenvalue weighted by Gasteiger charge is -2.26. The van der Waals surface area contributed by atoms with Crippen LogP contribution >= 0.6 is 11.6 Å². The fraction of sp³-hybridized carbons (Fsp3) is 0.500. The summed E-state index contributed by atoms with van der Waals surface area (Å²) in [6.07, 6.45) is 3.29. The first kappa shape index (κ1) is 13.3. The SMILES string of the molecule is O=C(CNCc1ccncc1Cl)N1CCOCC1. The largest absolute Gasteiger partial charge is 0.378 e. The molecule has 2 heterocycles. The third-order valence-corrected chi connectivity index (χ3v) is 3.15. The highest BCUT2D eigenvalue weighted by atomic mass is 35.5. The summed E-state index contributed by atoms with van der Waals surface area (Å²) in [5, 5.41) is 3.71. The lowest BCUT2D eigenvalue weighted by atomic mass is 10.2. The summed E-state index contributed by atoms with van der Waals surface area (Å²) in [5.74, 6) is 0.100. The number of nitrogens with one attached hydrogen (secondary N) is 1. The van der Waals surface area contributed by atoms with Crippen LogP contribution in [-0.4, -0.2) is 48.6 Å². The Balaban J connectivity index is 1.75. The van der Waals surface area contributed by atoms with E-state index in [-0.39, 0.29) is 5.91 Å². The normalized spacial score (nSPS) is 15.7. The Morgan fingerprint density at radius 3 is 3.00 bits per heavy atom. The molecular formula is C12H16ClN3O2. The fourth-order valence-electron chi connectivity index (χ4n) is 1.78. The highest BCUT2D eigenvalue weighted by molar-refractivity contribution is 6.31. The van der Waals surface area contributed by atoms with Crippen molar-refractivity contribution in [1.82, 2.24) is 15.2 Å². The van der Waals surface area contributed by atoms with E-state index in [9.17, 15) is 4.79 Å². The Morgan fingerprint density at radius 2 is 2.28 bits per heavy atom. The minimum Gasteiger partial charge on any atom is -0.378 e. The van der Waals surface area contributed by atoms with Gasteiger partial charge in [0, 0.05) is 32.0 Å². The lowest BCUT2D eigenvalue weighted by Crippen LogP contribution is -2.44. The van der Waals surface area contributed by atoms with Crippen molar-refractivity contribution in [2.24, 2.45) is 0 Å². The molecule has 1 aromatic rings. The Morgan fingerprint density at radius 1 is 1.50 bits per heavy atom. The molecule has 98 valence electrons. The molecule has 0 radical (unpaired) electrons. The topological polar surface area (TPSA) is 54.5 Å². The zero-order chi connectivity index (χ0) is 12.8. The number of morpholine rings is 1. The van der Waals surface area contributed by atoms with Crippen molar-refractivity contribution in [3.8, 4) is 0 Å². The van der Waals surface area contributed by atoms with Crippen LogP contribution in [0.2, 0.25) is 5.02 Å². The van der Waals surface area contributed by atoms with Crippen molar-refractivity contribution >= 4 is 17.5 Å². The smallest absolute Gasteiger partial charge is 0.236 e. The van der Waals surface area contributed by atoms with Gasteiger partial charge in [-0.2, -0.15) is 0 Å². The van der Waals surface area contributed by atoms with E-state index >= 15 is 0 Å². The Bertz CT molecular complexity index is 408. The molecule has 1 aliphatic heterocycles. The van der Waals surface area contributed by atoms with E-state index in [1.165, 1.54) is 0 Å². The Hall–Kier alpha value is -1.17. The molecule has 0 saturated carbocycles.